The van der Waals surface area contributed by atoms with E-state index in [1.165, 1.54) is 28.0 Å². The van der Waals surface area contributed by atoms with Crippen LogP contribution in [0.4, 0.5) is 17.1 Å². The highest BCUT2D eigenvalue weighted by Gasteiger charge is 2.34. The zero-order valence-electron chi connectivity index (χ0n) is 13.6. The third-order valence-electron chi connectivity index (χ3n) is 4.71. The lowest BCUT2D eigenvalue weighted by Crippen LogP contribution is -2.51. The van der Waals surface area contributed by atoms with Gasteiger partial charge in [0, 0.05) is 17.1 Å². The summed E-state index contributed by atoms with van der Waals surface area (Å²) in [7, 11) is 0. The van der Waals surface area contributed by atoms with Gasteiger partial charge in [-0.2, -0.15) is 0 Å². The van der Waals surface area contributed by atoms with Crippen molar-refractivity contribution in [3.05, 3.63) is 78.9 Å². The summed E-state index contributed by atoms with van der Waals surface area (Å²) in [6.45, 7) is 5.08. The summed E-state index contributed by atoms with van der Waals surface area (Å²) in [5.41, 5.74) is 6.66. The lowest BCUT2D eigenvalue weighted by atomic mass is 9.33. The highest BCUT2D eigenvalue weighted by Crippen LogP contribution is 2.36. The van der Waals surface area contributed by atoms with Crippen molar-refractivity contribution in [3.8, 4) is 0 Å². The van der Waals surface area contributed by atoms with Crippen molar-refractivity contribution in [2.75, 3.05) is 4.90 Å². The summed E-state index contributed by atoms with van der Waals surface area (Å²) in [5.74, 6) is 0.565. The van der Waals surface area contributed by atoms with E-state index in [1.807, 2.05) is 0 Å². The van der Waals surface area contributed by atoms with E-state index in [-0.39, 0.29) is 0 Å². The van der Waals surface area contributed by atoms with Gasteiger partial charge < -0.3 is 4.90 Å². The van der Waals surface area contributed by atoms with Crippen LogP contribution in [0.15, 0.2) is 78.9 Å². The average molecular weight is 297 g/mol. The van der Waals surface area contributed by atoms with E-state index >= 15 is 0 Å². The van der Waals surface area contributed by atoms with Crippen LogP contribution in [0.5, 0.6) is 0 Å². The van der Waals surface area contributed by atoms with Gasteiger partial charge in [-0.05, 0) is 24.3 Å². The van der Waals surface area contributed by atoms with Crippen molar-refractivity contribution in [2.45, 2.75) is 19.7 Å². The van der Waals surface area contributed by atoms with Gasteiger partial charge in [0.05, 0.1) is 0 Å². The Morgan fingerprint density at radius 3 is 1.65 bits per heavy atom. The molecule has 0 aromatic heterocycles. The molecule has 0 spiro atoms. The minimum Gasteiger partial charge on any atom is -0.312 e. The first-order valence-corrected chi connectivity index (χ1v) is 8.30. The predicted molar refractivity (Wildman–Crippen MR) is 101 cm³/mol. The normalized spacial score (nSPS) is 13.0. The fourth-order valence-corrected chi connectivity index (χ4v) is 3.78. The molecule has 0 N–H and O–H groups in total. The van der Waals surface area contributed by atoms with E-state index in [1.54, 1.807) is 0 Å². The molecule has 3 aromatic rings. The lowest BCUT2D eigenvalue weighted by Gasteiger charge is -2.38. The molecule has 23 heavy (non-hydrogen) atoms. The molecule has 2 heteroatoms. The van der Waals surface area contributed by atoms with E-state index in [9.17, 15) is 0 Å². The standard InChI is InChI=1S/C21H20BN/c1-16(2)22-18-12-6-8-14-20(18)23(17-10-4-3-5-11-17)21-15-9-7-13-19(21)22/h3-16H,1-2H3. The molecule has 1 aliphatic heterocycles. The van der Waals surface area contributed by atoms with E-state index < -0.39 is 0 Å². The molecule has 3 aromatic carbocycles. The zero-order chi connectivity index (χ0) is 15.8. The number of fused-ring (bicyclic) bond motifs is 2. The molecule has 0 aliphatic carbocycles. The zero-order valence-corrected chi connectivity index (χ0v) is 13.6. The van der Waals surface area contributed by atoms with E-state index in [2.05, 4.69) is 97.6 Å². The van der Waals surface area contributed by atoms with E-state index in [4.69, 9.17) is 0 Å². The summed E-state index contributed by atoms with van der Waals surface area (Å²) >= 11 is 0. The Morgan fingerprint density at radius 1 is 0.652 bits per heavy atom. The second-order valence-electron chi connectivity index (χ2n) is 6.51. The maximum Gasteiger partial charge on any atom is 0.217 e. The first-order valence-electron chi connectivity index (χ1n) is 8.30. The van der Waals surface area contributed by atoms with Crippen molar-refractivity contribution in [1.29, 1.82) is 0 Å². The molecule has 4 rings (SSSR count). The number of para-hydroxylation sites is 3. The topological polar surface area (TPSA) is 3.24 Å². The van der Waals surface area contributed by atoms with Crippen LogP contribution in [0, 0.1) is 0 Å². The highest BCUT2D eigenvalue weighted by atomic mass is 15.1. The maximum atomic E-state index is 2.39. The van der Waals surface area contributed by atoms with Gasteiger partial charge in [-0.3, -0.25) is 0 Å². The van der Waals surface area contributed by atoms with Gasteiger partial charge in [0.25, 0.3) is 0 Å². The molecule has 112 valence electrons. The molecular formula is C21H20BN. The maximum absolute atomic E-state index is 2.39. The molecule has 0 saturated heterocycles. The van der Waals surface area contributed by atoms with Gasteiger partial charge in [0.2, 0.25) is 6.71 Å². The third kappa shape index (κ3) is 2.26. The lowest BCUT2D eigenvalue weighted by molar-refractivity contribution is 1.05. The first kappa shape index (κ1) is 14.1. The van der Waals surface area contributed by atoms with Crippen molar-refractivity contribution >= 4 is 34.7 Å². The van der Waals surface area contributed by atoms with Crippen LogP contribution < -0.4 is 15.8 Å². The van der Waals surface area contributed by atoms with Crippen molar-refractivity contribution in [3.63, 3.8) is 0 Å². The fraction of sp³-hybridized carbons (Fsp3) is 0.143. The summed E-state index contributed by atoms with van der Waals surface area (Å²) < 4.78 is 0. The summed E-state index contributed by atoms with van der Waals surface area (Å²) in [5, 5.41) is 0. The smallest absolute Gasteiger partial charge is 0.217 e. The van der Waals surface area contributed by atoms with Crippen molar-refractivity contribution < 1.29 is 0 Å². The molecule has 0 bridgehead atoms. The largest absolute Gasteiger partial charge is 0.312 e. The van der Waals surface area contributed by atoms with Gasteiger partial charge >= 0.3 is 0 Å². The second-order valence-corrected chi connectivity index (χ2v) is 6.51. The number of benzene rings is 3. The number of hydrogen-bond donors (Lipinski definition) is 0. The predicted octanol–water partition coefficient (Wildman–Crippen LogP) is 4.49. The van der Waals surface area contributed by atoms with Gasteiger partial charge in [-0.25, -0.2) is 0 Å². The molecular weight excluding hydrogens is 277 g/mol. The van der Waals surface area contributed by atoms with E-state index in [0.717, 1.165) is 0 Å². The van der Waals surface area contributed by atoms with Gasteiger partial charge in [0.15, 0.2) is 0 Å². The van der Waals surface area contributed by atoms with Crippen LogP contribution in [0.1, 0.15) is 13.8 Å². The minimum atomic E-state index is 0.447. The van der Waals surface area contributed by atoms with Crippen molar-refractivity contribution in [2.24, 2.45) is 0 Å². The Kier molecular flexibility index (Phi) is 3.46. The molecule has 0 amide bonds. The molecule has 0 saturated carbocycles. The van der Waals surface area contributed by atoms with Crippen LogP contribution in [-0.2, 0) is 0 Å². The number of anilines is 3. The monoisotopic (exact) mass is 297 g/mol. The summed E-state index contributed by atoms with van der Waals surface area (Å²) in [6.07, 6.45) is 0. The number of rotatable bonds is 2. The van der Waals surface area contributed by atoms with Crippen LogP contribution in [-0.4, -0.2) is 6.71 Å². The Balaban J connectivity index is 2.01. The summed E-state index contributed by atoms with van der Waals surface area (Å²) in [6, 6.07) is 28.3. The summed E-state index contributed by atoms with van der Waals surface area (Å²) in [4.78, 5) is 2.39. The second kappa shape index (κ2) is 5.62. The van der Waals surface area contributed by atoms with E-state index in [0.29, 0.717) is 12.5 Å². The minimum absolute atomic E-state index is 0.447. The van der Waals surface area contributed by atoms with Gasteiger partial charge in [-0.15, -0.1) is 0 Å². The Bertz CT molecular complexity index is 779. The Labute approximate surface area is 138 Å². The molecule has 1 nitrogen and oxygen atoms in total. The van der Waals surface area contributed by atoms with Gasteiger partial charge in [0.1, 0.15) is 0 Å². The van der Waals surface area contributed by atoms with Crippen LogP contribution in [0.25, 0.3) is 0 Å². The molecule has 0 radical (unpaired) electrons. The molecule has 0 unspecified atom stereocenters. The number of nitrogens with zero attached hydrogens (tertiary/aromatic N) is 1. The quantitative estimate of drug-likeness (QED) is 0.630. The third-order valence-corrected chi connectivity index (χ3v) is 4.71. The Morgan fingerprint density at radius 2 is 1.13 bits per heavy atom. The molecule has 1 aliphatic rings. The van der Waals surface area contributed by atoms with Crippen LogP contribution >= 0.6 is 0 Å². The highest BCUT2D eigenvalue weighted by molar-refractivity contribution is 6.89. The van der Waals surface area contributed by atoms with Crippen LogP contribution in [0.3, 0.4) is 0 Å². The van der Waals surface area contributed by atoms with Crippen molar-refractivity contribution in [1.82, 2.24) is 0 Å². The first-order chi connectivity index (χ1) is 11.3. The SMILES string of the molecule is CC(C)B1c2ccccc2N(c2ccccc2)c2ccccc21. The molecule has 0 atom stereocenters. The Hall–Kier alpha value is -2.48. The number of hydrogen-bond acceptors (Lipinski definition) is 1. The van der Waals surface area contributed by atoms with Gasteiger partial charge in [-0.1, -0.05) is 85.2 Å². The average Bonchev–Trinajstić information content (AvgIpc) is 2.59. The fourth-order valence-electron chi connectivity index (χ4n) is 3.78. The molecule has 1 heterocycles. The van der Waals surface area contributed by atoms with Crippen LogP contribution in [0.2, 0.25) is 5.82 Å². The molecule has 0 fully saturated rings.